The number of rotatable bonds is 12. The quantitative estimate of drug-likeness (QED) is 0.156. The largest absolute Gasteiger partial charge is 0.492 e. The second-order valence-corrected chi connectivity index (χ2v) is 8.95. The van der Waals surface area contributed by atoms with Crippen LogP contribution in [0.4, 0.5) is 19.3 Å². The Morgan fingerprint density at radius 2 is 1.44 bits per heavy atom. The fourth-order valence-corrected chi connectivity index (χ4v) is 3.89. The number of amides is 2. The van der Waals surface area contributed by atoms with Crippen molar-refractivity contribution in [2.24, 2.45) is 0 Å². The molecule has 0 saturated heterocycles. The van der Waals surface area contributed by atoms with Crippen molar-refractivity contribution in [3.8, 4) is 11.5 Å². The number of carbonyl (C=O) groups excluding carboxylic acids is 1. The van der Waals surface area contributed by atoms with Crippen LogP contribution in [0.15, 0.2) is 97.1 Å². The summed E-state index contributed by atoms with van der Waals surface area (Å²) in [5.41, 5.74) is 2.89. The average Bonchev–Trinajstić information content (AvgIpc) is 2.94. The number of ether oxygens (including phenoxy) is 2. The van der Waals surface area contributed by atoms with Gasteiger partial charge in [0.25, 0.3) is 0 Å². The molecule has 0 heterocycles. The SMILES string of the molecule is O=C(NCCOc1ccc(CC(Oc2ccc(Cc3ccccc3)cc2)C(=O)O)cc1)Nc1ccc(F)cc1F.[Na]. The van der Waals surface area contributed by atoms with Crippen LogP contribution in [0, 0.1) is 11.6 Å². The number of hydrogen-bond donors (Lipinski definition) is 3. The van der Waals surface area contributed by atoms with Gasteiger partial charge < -0.3 is 25.2 Å². The average molecular weight is 570 g/mol. The Balaban J connectivity index is 0.00000462. The molecule has 1 unspecified atom stereocenters. The smallest absolute Gasteiger partial charge is 0.345 e. The van der Waals surface area contributed by atoms with Crippen LogP contribution in [0.25, 0.3) is 0 Å². The van der Waals surface area contributed by atoms with Crippen molar-refractivity contribution in [3.63, 3.8) is 0 Å². The van der Waals surface area contributed by atoms with E-state index in [1.165, 1.54) is 5.56 Å². The Labute approximate surface area is 258 Å². The summed E-state index contributed by atoms with van der Waals surface area (Å²) in [5, 5.41) is 14.5. The molecule has 0 aliphatic carbocycles. The van der Waals surface area contributed by atoms with Crippen molar-refractivity contribution in [2.45, 2.75) is 18.9 Å². The molecule has 0 spiro atoms. The van der Waals surface area contributed by atoms with Gasteiger partial charge in [0.15, 0.2) is 6.10 Å². The molecule has 2 amide bonds. The standard InChI is InChI=1S/C31H28F2N2O5.Na/c32-24-10-15-28(27(33)20-24)35-31(38)34-16-17-39-25-11-6-23(7-12-25)19-29(30(36)37)40-26-13-8-22(9-14-26)18-21-4-2-1-3-5-21;/h1-15,20,29H,16-19H2,(H,36,37)(H2,34,35,38);. The fourth-order valence-electron chi connectivity index (χ4n) is 3.89. The molecule has 1 radical (unpaired) electrons. The van der Waals surface area contributed by atoms with Crippen LogP contribution < -0.4 is 20.1 Å². The number of urea groups is 1. The molecular weight excluding hydrogens is 541 g/mol. The normalized spacial score (nSPS) is 11.1. The first-order valence-electron chi connectivity index (χ1n) is 12.6. The summed E-state index contributed by atoms with van der Waals surface area (Å²) < 4.78 is 37.9. The molecule has 0 aliphatic rings. The number of carboxylic acid groups (broad SMARTS) is 1. The summed E-state index contributed by atoms with van der Waals surface area (Å²) in [7, 11) is 0. The fraction of sp³-hybridized carbons (Fsp3) is 0.161. The molecule has 0 aliphatic heterocycles. The Morgan fingerprint density at radius 3 is 2.10 bits per heavy atom. The van der Waals surface area contributed by atoms with Gasteiger partial charge in [0.05, 0.1) is 12.2 Å². The molecule has 1 atom stereocenters. The first-order chi connectivity index (χ1) is 19.4. The minimum Gasteiger partial charge on any atom is -0.492 e. The van der Waals surface area contributed by atoms with Crippen molar-refractivity contribution in [2.75, 3.05) is 18.5 Å². The van der Waals surface area contributed by atoms with E-state index in [-0.39, 0.29) is 54.8 Å². The molecule has 4 aromatic carbocycles. The topological polar surface area (TPSA) is 96.9 Å². The molecule has 4 aromatic rings. The van der Waals surface area contributed by atoms with E-state index >= 15 is 0 Å². The molecule has 41 heavy (non-hydrogen) atoms. The number of halogens is 2. The van der Waals surface area contributed by atoms with Crippen molar-refractivity contribution in [1.29, 1.82) is 0 Å². The van der Waals surface area contributed by atoms with Crippen LogP contribution in [0.5, 0.6) is 11.5 Å². The zero-order valence-electron chi connectivity index (χ0n) is 22.5. The van der Waals surface area contributed by atoms with Gasteiger partial charge in [-0.3, -0.25) is 0 Å². The minimum absolute atomic E-state index is 0. The maximum absolute atomic E-state index is 13.6. The summed E-state index contributed by atoms with van der Waals surface area (Å²) in [6.45, 7) is 0.273. The van der Waals surface area contributed by atoms with Crippen LogP contribution >= 0.6 is 0 Å². The molecule has 0 fully saturated rings. The van der Waals surface area contributed by atoms with Gasteiger partial charge in [0, 0.05) is 42.0 Å². The Kier molecular flexibility index (Phi) is 12.1. The summed E-state index contributed by atoms with van der Waals surface area (Å²) in [5.74, 6) is -1.68. The summed E-state index contributed by atoms with van der Waals surface area (Å²) in [6, 6.07) is 26.5. The first kappa shape index (κ1) is 31.6. The molecule has 0 aromatic heterocycles. The van der Waals surface area contributed by atoms with E-state index in [4.69, 9.17) is 9.47 Å². The summed E-state index contributed by atoms with van der Waals surface area (Å²) >= 11 is 0. The van der Waals surface area contributed by atoms with Crippen molar-refractivity contribution >= 4 is 47.2 Å². The summed E-state index contributed by atoms with van der Waals surface area (Å²) in [4.78, 5) is 23.7. The van der Waals surface area contributed by atoms with E-state index < -0.39 is 29.7 Å². The number of anilines is 1. The monoisotopic (exact) mass is 569 g/mol. The number of carboxylic acids is 1. The molecular formula is C31H28F2N2NaO5. The molecule has 0 bridgehead atoms. The zero-order valence-corrected chi connectivity index (χ0v) is 24.5. The minimum atomic E-state index is -1.07. The Hall–Kier alpha value is -3.92. The van der Waals surface area contributed by atoms with Crippen molar-refractivity contribution in [1.82, 2.24) is 5.32 Å². The predicted octanol–water partition coefficient (Wildman–Crippen LogP) is 5.45. The molecule has 10 heteroatoms. The third kappa shape index (κ3) is 10.2. The maximum Gasteiger partial charge on any atom is 0.345 e. The first-order valence-corrected chi connectivity index (χ1v) is 12.6. The van der Waals surface area contributed by atoms with Crippen LogP contribution in [-0.4, -0.2) is 65.9 Å². The van der Waals surface area contributed by atoms with E-state index in [0.29, 0.717) is 17.6 Å². The maximum atomic E-state index is 13.6. The number of aliphatic carboxylic acids is 1. The molecule has 7 nitrogen and oxygen atoms in total. The van der Waals surface area contributed by atoms with Gasteiger partial charge in [-0.05, 0) is 59.5 Å². The third-order valence-corrected chi connectivity index (χ3v) is 5.91. The van der Waals surface area contributed by atoms with Crippen LogP contribution in [0.2, 0.25) is 0 Å². The molecule has 207 valence electrons. The number of nitrogens with one attached hydrogen (secondary N) is 2. The molecule has 4 rings (SSSR count). The number of hydrogen-bond acceptors (Lipinski definition) is 4. The van der Waals surface area contributed by atoms with E-state index in [9.17, 15) is 23.5 Å². The van der Waals surface area contributed by atoms with Gasteiger partial charge in [-0.15, -0.1) is 0 Å². The van der Waals surface area contributed by atoms with E-state index in [2.05, 4.69) is 22.8 Å². The van der Waals surface area contributed by atoms with Gasteiger partial charge in [0.2, 0.25) is 0 Å². The summed E-state index contributed by atoms with van der Waals surface area (Å²) in [6.07, 6.45) is -0.138. The third-order valence-electron chi connectivity index (χ3n) is 5.91. The van der Waals surface area contributed by atoms with Crippen LogP contribution in [0.3, 0.4) is 0 Å². The van der Waals surface area contributed by atoms with Crippen molar-refractivity contribution < 1.29 is 33.0 Å². The Morgan fingerprint density at radius 1 is 0.805 bits per heavy atom. The van der Waals surface area contributed by atoms with Gasteiger partial charge in [0.1, 0.15) is 29.7 Å². The number of benzene rings is 4. The molecule has 3 N–H and O–H groups in total. The Bertz CT molecular complexity index is 1420. The van der Waals surface area contributed by atoms with Gasteiger partial charge in [-0.25, -0.2) is 18.4 Å². The zero-order chi connectivity index (χ0) is 28.3. The van der Waals surface area contributed by atoms with Gasteiger partial charge >= 0.3 is 12.0 Å². The van der Waals surface area contributed by atoms with Gasteiger partial charge in [-0.2, -0.15) is 0 Å². The molecule has 0 saturated carbocycles. The van der Waals surface area contributed by atoms with Crippen molar-refractivity contribution in [3.05, 3.63) is 125 Å². The second kappa shape index (κ2) is 15.8. The van der Waals surface area contributed by atoms with Crippen LogP contribution in [0.1, 0.15) is 16.7 Å². The van der Waals surface area contributed by atoms with E-state index in [0.717, 1.165) is 29.7 Å². The van der Waals surface area contributed by atoms with Crippen LogP contribution in [-0.2, 0) is 17.6 Å². The van der Waals surface area contributed by atoms with E-state index in [1.54, 1.807) is 36.4 Å². The number of carbonyl (C=O) groups is 2. The second-order valence-electron chi connectivity index (χ2n) is 8.95. The predicted molar refractivity (Wildman–Crippen MR) is 153 cm³/mol. The van der Waals surface area contributed by atoms with E-state index in [1.807, 2.05) is 30.3 Å². The van der Waals surface area contributed by atoms with Gasteiger partial charge in [-0.1, -0.05) is 54.6 Å².